The summed E-state index contributed by atoms with van der Waals surface area (Å²) >= 11 is 2.47. The lowest BCUT2D eigenvalue weighted by molar-refractivity contribution is -0.154. The summed E-state index contributed by atoms with van der Waals surface area (Å²) in [6, 6.07) is 0. The molecule has 0 spiro atoms. The van der Waals surface area contributed by atoms with Crippen molar-refractivity contribution in [3.8, 4) is 0 Å². The van der Waals surface area contributed by atoms with Gasteiger partial charge in [0.05, 0.1) is 5.37 Å². The van der Waals surface area contributed by atoms with Gasteiger partial charge < -0.3 is 26.1 Å². The molecule has 1 aromatic heterocycles. The summed E-state index contributed by atoms with van der Waals surface area (Å²) < 4.78 is 5.25. The summed E-state index contributed by atoms with van der Waals surface area (Å²) in [7, 11) is 0. The third-order valence-corrected chi connectivity index (χ3v) is 7.11. The minimum atomic E-state index is -1.18. The number of β-lactam (4-membered cyclic amide) rings is 1. The minimum absolute atomic E-state index is 0.0601. The van der Waals surface area contributed by atoms with E-state index in [2.05, 4.69) is 15.5 Å². The summed E-state index contributed by atoms with van der Waals surface area (Å²) in [6.45, 7) is 0.130. The van der Waals surface area contributed by atoms with Crippen molar-refractivity contribution in [1.29, 1.82) is 0 Å². The van der Waals surface area contributed by atoms with Gasteiger partial charge in [-0.1, -0.05) is 5.16 Å². The van der Waals surface area contributed by atoms with Crippen LogP contribution in [0.4, 0.5) is 9.93 Å². The van der Waals surface area contributed by atoms with Crippen molar-refractivity contribution in [2.75, 3.05) is 24.6 Å². The van der Waals surface area contributed by atoms with E-state index in [1.54, 1.807) is 0 Å². The number of amides is 3. The Morgan fingerprint density at radius 3 is 2.78 bits per heavy atom. The minimum Gasteiger partial charge on any atom is -0.477 e. The molecule has 4 rings (SSSR count). The summed E-state index contributed by atoms with van der Waals surface area (Å²) in [5.74, 6) is -2.52. The molecule has 0 aromatic carbocycles. The van der Waals surface area contributed by atoms with E-state index >= 15 is 0 Å². The Balaban J connectivity index is 1.29. The van der Waals surface area contributed by atoms with Gasteiger partial charge in [-0.15, -0.1) is 23.1 Å². The van der Waals surface area contributed by atoms with Crippen LogP contribution in [0.5, 0.6) is 0 Å². The number of anilines is 1. The first-order valence-corrected chi connectivity index (χ1v) is 11.3. The maximum atomic E-state index is 12.4. The van der Waals surface area contributed by atoms with Gasteiger partial charge in [-0.25, -0.2) is 14.6 Å². The summed E-state index contributed by atoms with van der Waals surface area (Å²) in [5, 5.41) is 25.1. The lowest BCUT2D eigenvalue weighted by Gasteiger charge is -2.48. The van der Waals surface area contributed by atoms with Crippen molar-refractivity contribution in [3.63, 3.8) is 0 Å². The molecule has 0 saturated carbocycles. The summed E-state index contributed by atoms with van der Waals surface area (Å²) in [4.78, 5) is 54.8. The van der Waals surface area contributed by atoms with E-state index in [-0.39, 0.29) is 28.8 Å². The molecule has 4 heterocycles. The molecule has 32 heavy (non-hydrogen) atoms. The molecular weight excluding hydrogens is 464 g/mol. The number of rotatable bonds is 6. The van der Waals surface area contributed by atoms with Crippen LogP contribution in [0.1, 0.15) is 12.1 Å². The van der Waals surface area contributed by atoms with Gasteiger partial charge in [0.1, 0.15) is 30.1 Å². The number of nitrogens with zero attached hydrogens (tertiary/aromatic N) is 4. The number of fused-ring (bicyclic) bond motifs is 1. The highest BCUT2D eigenvalue weighted by molar-refractivity contribution is 8.00. The first-order chi connectivity index (χ1) is 15.3. The number of aliphatic carboxylic acids is 1. The van der Waals surface area contributed by atoms with E-state index < -0.39 is 41.3 Å². The number of oxime groups is 1. The highest BCUT2D eigenvalue weighted by atomic mass is 32.2. The topological polar surface area (TPSA) is 188 Å². The van der Waals surface area contributed by atoms with Gasteiger partial charge in [0.15, 0.2) is 10.8 Å². The molecule has 3 aliphatic heterocycles. The van der Waals surface area contributed by atoms with Crippen LogP contribution in [0.3, 0.4) is 0 Å². The Bertz CT molecular complexity index is 1040. The summed E-state index contributed by atoms with van der Waals surface area (Å²) in [6.07, 6.45) is 0.533. The van der Waals surface area contributed by atoms with Crippen LogP contribution in [0.25, 0.3) is 0 Å². The number of hydrogen-bond acceptors (Lipinski definition) is 11. The zero-order valence-corrected chi connectivity index (χ0v) is 18.0. The molecule has 2 saturated heterocycles. The molecule has 5 N–H and O–H groups in total. The highest BCUT2D eigenvalue weighted by Crippen LogP contribution is 2.41. The van der Waals surface area contributed by atoms with Gasteiger partial charge in [-0.3, -0.25) is 19.4 Å². The Kier molecular flexibility index (Phi) is 5.92. The van der Waals surface area contributed by atoms with Gasteiger partial charge in [0, 0.05) is 24.1 Å². The number of nitrogens with two attached hydrogens (primary N) is 1. The molecule has 2 fully saturated rings. The van der Waals surface area contributed by atoms with Crippen LogP contribution in [0, 0.1) is 5.92 Å². The number of carbonyl (C=O) groups is 4. The smallest absolute Gasteiger partial charge is 0.411 e. The van der Waals surface area contributed by atoms with Crippen molar-refractivity contribution in [1.82, 2.24) is 20.1 Å². The lowest BCUT2D eigenvalue weighted by atomic mass is 9.97. The van der Waals surface area contributed by atoms with Gasteiger partial charge in [0.2, 0.25) is 5.91 Å². The van der Waals surface area contributed by atoms with Crippen LogP contribution in [-0.4, -0.2) is 85.1 Å². The fourth-order valence-corrected chi connectivity index (χ4v) is 5.26. The molecular formula is C17H18N6O7S2. The van der Waals surface area contributed by atoms with Crippen molar-refractivity contribution in [2.45, 2.75) is 18.0 Å². The van der Waals surface area contributed by atoms with Crippen LogP contribution < -0.4 is 11.1 Å². The predicted molar refractivity (Wildman–Crippen MR) is 112 cm³/mol. The molecule has 0 aliphatic carbocycles. The number of thiazole rings is 1. The molecule has 15 heteroatoms. The third kappa shape index (κ3) is 3.84. The highest BCUT2D eigenvalue weighted by Gasteiger charge is 2.52. The van der Waals surface area contributed by atoms with Gasteiger partial charge in [-0.05, 0) is 6.08 Å². The predicted octanol–water partition coefficient (Wildman–Crippen LogP) is -0.312. The second-order valence-electron chi connectivity index (χ2n) is 7.00. The Hall–Kier alpha value is -3.33. The first-order valence-electron chi connectivity index (χ1n) is 9.37. The average Bonchev–Trinajstić information content (AvgIpc) is 3.16. The van der Waals surface area contributed by atoms with Crippen molar-refractivity contribution in [2.24, 2.45) is 11.1 Å². The number of aromatic nitrogens is 1. The van der Waals surface area contributed by atoms with Crippen LogP contribution in [0.2, 0.25) is 0 Å². The number of carboxylic acid groups (broad SMARTS) is 1. The standard InChI is InChI=1S/C17H18N6O7S2/c18-16-19-8(6-32-16)11(21-29)12(24)20-10-1-3-22(10)17(28)30-5-7-13(25)23-9(15(26)27)2-4-31-14(7)23/h2,6-7,10,14,29H,1,3-5H2,(H2,18,19)(H,20,24)(H,26,27)/b21-11-. The molecule has 0 radical (unpaired) electrons. The van der Waals surface area contributed by atoms with E-state index in [1.165, 1.54) is 33.0 Å². The Morgan fingerprint density at radius 2 is 2.19 bits per heavy atom. The van der Waals surface area contributed by atoms with Crippen molar-refractivity contribution in [3.05, 3.63) is 22.8 Å². The van der Waals surface area contributed by atoms with Crippen LogP contribution in [-0.2, 0) is 19.1 Å². The van der Waals surface area contributed by atoms with Gasteiger partial charge >= 0.3 is 12.1 Å². The number of ether oxygens (including phenoxy) is 1. The molecule has 13 nitrogen and oxygen atoms in total. The zero-order chi connectivity index (χ0) is 23.0. The normalized spacial score (nSPS) is 24.6. The second kappa shape index (κ2) is 8.66. The number of likely N-dealkylation sites (tertiary alicyclic amines) is 1. The zero-order valence-electron chi connectivity index (χ0n) is 16.3. The lowest BCUT2D eigenvalue weighted by Crippen LogP contribution is -2.63. The molecule has 1 aromatic rings. The van der Waals surface area contributed by atoms with Crippen molar-refractivity contribution < 1.29 is 34.2 Å². The number of carboxylic acids is 1. The molecule has 3 aliphatic rings. The van der Waals surface area contributed by atoms with Crippen molar-refractivity contribution >= 4 is 57.8 Å². The second-order valence-corrected chi connectivity index (χ2v) is 9.04. The van der Waals surface area contributed by atoms with Gasteiger partial charge in [-0.2, -0.15) is 0 Å². The fourth-order valence-electron chi connectivity index (χ4n) is 3.47. The Labute approximate surface area is 188 Å². The number of nitrogen functional groups attached to an aromatic ring is 1. The quantitative estimate of drug-likeness (QED) is 0.181. The maximum absolute atomic E-state index is 12.4. The van der Waals surface area contributed by atoms with Crippen LogP contribution in [0.15, 0.2) is 22.3 Å². The molecule has 3 atom stereocenters. The number of nitrogens with one attached hydrogen (secondary N) is 1. The number of hydrogen-bond donors (Lipinski definition) is 4. The van der Waals surface area contributed by atoms with E-state index in [9.17, 15) is 24.3 Å². The molecule has 170 valence electrons. The number of carbonyl (C=O) groups excluding carboxylic acids is 3. The largest absolute Gasteiger partial charge is 0.477 e. The van der Waals surface area contributed by atoms with E-state index in [4.69, 9.17) is 15.7 Å². The molecule has 3 amide bonds. The Morgan fingerprint density at radius 1 is 1.41 bits per heavy atom. The van der Waals surface area contributed by atoms with Gasteiger partial charge in [0.25, 0.3) is 5.91 Å². The SMILES string of the molecule is Nc1nc(/C(=N/O)C(=O)NC2CCN2C(=O)OCC2C(=O)N3C(C(=O)O)=CCSC23)cs1. The van der Waals surface area contributed by atoms with E-state index in [0.29, 0.717) is 18.7 Å². The monoisotopic (exact) mass is 482 g/mol. The van der Waals surface area contributed by atoms with E-state index in [1.807, 2.05) is 0 Å². The first kappa shape index (κ1) is 21.9. The summed E-state index contributed by atoms with van der Waals surface area (Å²) in [5.41, 5.74) is 5.23. The number of thioether (sulfide) groups is 1. The van der Waals surface area contributed by atoms with E-state index in [0.717, 1.165) is 11.3 Å². The molecule has 0 bridgehead atoms. The van der Waals surface area contributed by atoms with Crippen LogP contribution >= 0.6 is 23.1 Å². The molecule has 3 unspecified atom stereocenters. The third-order valence-electron chi connectivity index (χ3n) is 5.19. The maximum Gasteiger partial charge on any atom is 0.411 e. The fraction of sp³-hybridized carbons (Fsp3) is 0.412. The average molecular weight is 483 g/mol.